The van der Waals surface area contributed by atoms with Crippen LogP contribution in [0.5, 0.6) is 11.5 Å². The molecule has 1 unspecified atom stereocenters. The standard InChI is InChI=1S/C19H24BrN3O3.HI/c1-4-19(24,13-5-7-14(20)8-6-13)12-22-18(21)23-15-9-10-16(25-2)17(11-15)26-3;/h5-11,24H,4,12H2,1-3H3,(H3,21,22,23);1H. The van der Waals surface area contributed by atoms with Crippen molar-refractivity contribution in [2.24, 2.45) is 10.7 Å². The van der Waals surface area contributed by atoms with E-state index in [1.54, 1.807) is 26.4 Å². The zero-order valence-electron chi connectivity index (χ0n) is 15.5. The maximum Gasteiger partial charge on any atom is 0.193 e. The Morgan fingerprint density at radius 3 is 2.33 bits per heavy atom. The van der Waals surface area contributed by atoms with Gasteiger partial charge >= 0.3 is 0 Å². The van der Waals surface area contributed by atoms with Gasteiger partial charge in [-0.3, -0.25) is 0 Å². The molecule has 6 nitrogen and oxygen atoms in total. The second-order valence-electron chi connectivity index (χ2n) is 5.79. The topological polar surface area (TPSA) is 89.1 Å². The average molecular weight is 550 g/mol. The molecule has 8 heteroatoms. The van der Waals surface area contributed by atoms with Crippen molar-refractivity contribution in [3.8, 4) is 11.5 Å². The van der Waals surface area contributed by atoms with Crippen LogP contribution in [0.15, 0.2) is 51.9 Å². The molecule has 27 heavy (non-hydrogen) atoms. The minimum Gasteiger partial charge on any atom is -0.493 e. The number of methoxy groups -OCH3 is 2. The van der Waals surface area contributed by atoms with Crippen LogP contribution in [0.1, 0.15) is 18.9 Å². The van der Waals surface area contributed by atoms with Gasteiger partial charge in [0.15, 0.2) is 17.5 Å². The summed E-state index contributed by atoms with van der Waals surface area (Å²) in [5.41, 5.74) is 6.41. The van der Waals surface area contributed by atoms with Gasteiger partial charge in [-0.15, -0.1) is 24.0 Å². The van der Waals surface area contributed by atoms with Gasteiger partial charge < -0.3 is 25.6 Å². The summed E-state index contributed by atoms with van der Waals surface area (Å²) < 4.78 is 11.4. The third-order valence-corrected chi connectivity index (χ3v) is 4.66. The monoisotopic (exact) mass is 549 g/mol. The first-order valence-corrected chi connectivity index (χ1v) is 8.98. The second kappa shape index (κ2) is 10.7. The molecule has 1 atom stereocenters. The van der Waals surface area contributed by atoms with Gasteiger partial charge in [-0.1, -0.05) is 35.0 Å². The summed E-state index contributed by atoms with van der Waals surface area (Å²) in [6, 6.07) is 12.9. The van der Waals surface area contributed by atoms with E-state index < -0.39 is 5.60 Å². The number of nitrogens with one attached hydrogen (secondary N) is 1. The highest BCUT2D eigenvalue weighted by Gasteiger charge is 2.26. The molecule has 2 rings (SSSR count). The lowest BCUT2D eigenvalue weighted by Crippen LogP contribution is -2.31. The number of nitrogens with zero attached hydrogens (tertiary/aromatic N) is 1. The van der Waals surface area contributed by atoms with Gasteiger partial charge in [0, 0.05) is 16.2 Å². The fraction of sp³-hybridized carbons (Fsp3) is 0.316. The molecule has 4 N–H and O–H groups in total. The molecule has 0 amide bonds. The molecule has 0 aliphatic heterocycles. The van der Waals surface area contributed by atoms with Crippen molar-refractivity contribution in [3.05, 3.63) is 52.5 Å². The van der Waals surface area contributed by atoms with Crippen LogP contribution >= 0.6 is 39.9 Å². The fourth-order valence-electron chi connectivity index (χ4n) is 2.48. The Kier molecular flexibility index (Phi) is 9.34. The molecule has 0 aliphatic rings. The Balaban J connectivity index is 0.00000364. The number of hydrogen-bond acceptors (Lipinski definition) is 4. The van der Waals surface area contributed by atoms with Crippen LogP contribution in [0.25, 0.3) is 0 Å². The Morgan fingerprint density at radius 1 is 1.15 bits per heavy atom. The number of anilines is 1. The van der Waals surface area contributed by atoms with E-state index in [0.717, 1.165) is 10.0 Å². The number of ether oxygens (including phenoxy) is 2. The van der Waals surface area contributed by atoms with Crippen LogP contribution in [0.4, 0.5) is 5.69 Å². The Hall–Kier alpha value is -1.52. The first kappa shape index (κ1) is 23.5. The molecule has 0 heterocycles. The molecule has 2 aromatic rings. The second-order valence-corrected chi connectivity index (χ2v) is 6.70. The SMILES string of the molecule is CCC(O)(CN=C(N)Nc1ccc(OC)c(OC)c1)c1ccc(Br)cc1.I. The van der Waals surface area contributed by atoms with Crippen molar-refractivity contribution < 1.29 is 14.6 Å². The highest BCUT2D eigenvalue weighted by Crippen LogP contribution is 2.30. The largest absolute Gasteiger partial charge is 0.493 e. The third kappa shape index (κ3) is 6.25. The first-order chi connectivity index (χ1) is 12.4. The summed E-state index contributed by atoms with van der Waals surface area (Å²) in [6.07, 6.45) is 0.516. The van der Waals surface area contributed by atoms with Gasteiger partial charge in [0.05, 0.1) is 20.8 Å². The van der Waals surface area contributed by atoms with E-state index in [2.05, 4.69) is 26.2 Å². The van der Waals surface area contributed by atoms with E-state index in [4.69, 9.17) is 15.2 Å². The van der Waals surface area contributed by atoms with Gasteiger partial charge in [-0.25, -0.2) is 4.99 Å². The summed E-state index contributed by atoms with van der Waals surface area (Å²) in [4.78, 5) is 4.31. The van der Waals surface area contributed by atoms with E-state index in [9.17, 15) is 5.11 Å². The fourth-order valence-corrected chi connectivity index (χ4v) is 2.75. The lowest BCUT2D eigenvalue weighted by Gasteiger charge is -2.25. The van der Waals surface area contributed by atoms with E-state index in [1.807, 2.05) is 37.3 Å². The smallest absolute Gasteiger partial charge is 0.193 e. The van der Waals surface area contributed by atoms with E-state index in [1.165, 1.54) is 0 Å². The van der Waals surface area contributed by atoms with Crippen molar-refractivity contribution in [1.29, 1.82) is 0 Å². The molecule has 0 radical (unpaired) electrons. The molecule has 0 saturated heterocycles. The molecule has 0 spiro atoms. The molecule has 0 aliphatic carbocycles. The zero-order valence-corrected chi connectivity index (χ0v) is 19.4. The number of aliphatic hydroxyl groups is 1. The number of aliphatic imine (C=N–C) groups is 1. The number of hydrogen-bond donors (Lipinski definition) is 3. The normalized spacial score (nSPS) is 13.3. The number of nitrogens with two attached hydrogens (primary N) is 1. The lowest BCUT2D eigenvalue weighted by atomic mass is 9.91. The number of rotatable bonds is 7. The lowest BCUT2D eigenvalue weighted by molar-refractivity contribution is 0.0424. The molecule has 0 aromatic heterocycles. The molecule has 148 valence electrons. The maximum absolute atomic E-state index is 10.9. The summed E-state index contributed by atoms with van der Waals surface area (Å²) in [6.45, 7) is 2.06. The average Bonchev–Trinajstić information content (AvgIpc) is 2.66. The summed E-state index contributed by atoms with van der Waals surface area (Å²) >= 11 is 3.40. The Labute approximate surface area is 185 Å². The molecule has 0 fully saturated rings. The number of benzene rings is 2. The molecular formula is C19H25BrIN3O3. The van der Waals surface area contributed by atoms with Crippen LogP contribution < -0.4 is 20.5 Å². The molecule has 0 bridgehead atoms. The Bertz CT molecular complexity index is 771. The van der Waals surface area contributed by atoms with Crippen molar-refractivity contribution in [3.63, 3.8) is 0 Å². The highest BCUT2D eigenvalue weighted by atomic mass is 127. The summed E-state index contributed by atoms with van der Waals surface area (Å²) in [7, 11) is 3.15. The van der Waals surface area contributed by atoms with E-state index >= 15 is 0 Å². The van der Waals surface area contributed by atoms with Gasteiger partial charge in [0.25, 0.3) is 0 Å². The van der Waals surface area contributed by atoms with Crippen LogP contribution in [-0.2, 0) is 5.60 Å². The van der Waals surface area contributed by atoms with Crippen LogP contribution in [-0.4, -0.2) is 31.8 Å². The third-order valence-electron chi connectivity index (χ3n) is 4.13. The van der Waals surface area contributed by atoms with Crippen molar-refractivity contribution in [2.45, 2.75) is 18.9 Å². The van der Waals surface area contributed by atoms with Crippen LogP contribution in [0.2, 0.25) is 0 Å². The van der Waals surface area contributed by atoms with E-state index in [0.29, 0.717) is 23.6 Å². The van der Waals surface area contributed by atoms with Gasteiger partial charge in [0.2, 0.25) is 0 Å². The van der Waals surface area contributed by atoms with E-state index in [-0.39, 0.29) is 36.5 Å². The zero-order chi connectivity index (χ0) is 19.2. The van der Waals surface area contributed by atoms with Gasteiger partial charge in [-0.05, 0) is 36.2 Å². The Morgan fingerprint density at radius 2 is 1.78 bits per heavy atom. The predicted octanol–water partition coefficient (Wildman–Crippen LogP) is 4.11. The van der Waals surface area contributed by atoms with Crippen molar-refractivity contribution in [2.75, 3.05) is 26.1 Å². The predicted molar refractivity (Wildman–Crippen MR) is 123 cm³/mol. The van der Waals surface area contributed by atoms with Gasteiger partial charge in [-0.2, -0.15) is 0 Å². The first-order valence-electron chi connectivity index (χ1n) is 8.19. The maximum atomic E-state index is 10.9. The minimum absolute atomic E-state index is 0. The molecule has 2 aromatic carbocycles. The number of guanidine groups is 1. The van der Waals surface area contributed by atoms with Gasteiger partial charge in [0.1, 0.15) is 5.60 Å². The molecule has 0 saturated carbocycles. The van der Waals surface area contributed by atoms with Crippen molar-refractivity contribution >= 4 is 51.6 Å². The van der Waals surface area contributed by atoms with Crippen LogP contribution in [0.3, 0.4) is 0 Å². The summed E-state index contributed by atoms with van der Waals surface area (Å²) in [5, 5.41) is 13.9. The summed E-state index contributed by atoms with van der Waals surface area (Å²) in [5.74, 6) is 1.43. The quantitative estimate of drug-likeness (QED) is 0.275. The minimum atomic E-state index is -1.08. The number of halogens is 2. The highest BCUT2D eigenvalue weighted by molar-refractivity contribution is 14.0. The molecular weight excluding hydrogens is 525 g/mol. The van der Waals surface area contributed by atoms with Crippen LogP contribution in [0, 0.1) is 0 Å². The van der Waals surface area contributed by atoms with Crippen molar-refractivity contribution in [1.82, 2.24) is 0 Å².